The number of rotatable bonds is 9. The van der Waals surface area contributed by atoms with Crippen molar-refractivity contribution in [1.29, 1.82) is 0 Å². The summed E-state index contributed by atoms with van der Waals surface area (Å²) in [6.45, 7) is 19.9. The molecule has 1 aromatic heterocycles. The van der Waals surface area contributed by atoms with Crippen molar-refractivity contribution >= 4 is 17.7 Å². The first-order valence-corrected chi connectivity index (χ1v) is 21.2. The fourth-order valence-corrected chi connectivity index (χ4v) is 13.9. The van der Waals surface area contributed by atoms with Crippen molar-refractivity contribution in [2.75, 3.05) is 7.11 Å². The van der Waals surface area contributed by atoms with Gasteiger partial charge < -0.3 is 19.1 Å². The number of allylic oxidation sites excluding steroid dienone is 5. The van der Waals surface area contributed by atoms with Gasteiger partial charge in [0.05, 0.1) is 18.9 Å². The SMILES string of the molecule is COC1=CCC(c2nnc(C[C@@]34CC[C@]5(C)[C@H](CCC6[C@@]7(C)CC[C@H](OC(=O)CC(C)(C)C(=O)O)C(C)(C)C7CC[C@]65C)C3=C(C(C)C)C(=O)C4)n2C)C=C1. The van der Waals surface area contributed by atoms with Gasteiger partial charge in [0.2, 0.25) is 0 Å². The van der Waals surface area contributed by atoms with Crippen molar-refractivity contribution in [2.45, 2.75) is 151 Å². The minimum atomic E-state index is -1.16. The van der Waals surface area contributed by atoms with Crippen LogP contribution < -0.4 is 0 Å². The summed E-state index contributed by atoms with van der Waals surface area (Å²) in [4.78, 5) is 39.2. The summed E-state index contributed by atoms with van der Waals surface area (Å²) < 4.78 is 13.8. The molecule has 7 rings (SSSR count). The lowest BCUT2D eigenvalue weighted by Crippen LogP contribution is -2.65. The van der Waals surface area contributed by atoms with E-state index < -0.39 is 17.4 Å². The van der Waals surface area contributed by atoms with Crippen molar-refractivity contribution in [1.82, 2.24) is 14.8 Å². The molecule has 6 aliphatic carbocycles. The van der Waals surface area contributed by atoms with Gasteiger partial charge in [-0.3, -0.25) is 14.4 Å². The van der Waals surface area contributed by atoms with Crippen molar-refractivity contribution < 1.29 is 29.0 Å². The molecule has 0 radical (unpaired) electrons. The van der Waals surface area contributed by atoms with Crippen LogP contribution in [-0.4, -0.2) is 50.8 Å². The highest BCUT2D eigenvalue weighted by molar-refractivity contribution is 6.00. The second-order valence-electron chi connectivity index (χ2n) is 20.9. The molecule has 4 fully saturated rings. The molecular formula is C46H67N3O6. The number of fused-ring (bicyclic) bond motifs is 7. The number of methoxy groups -OCH3 is 1. The third-order valence-electron chi connectivity index (χ3n) is 17.1. The molecular weight excluding hydrogens is 691 g/mol. The van der Waals surface area contributed by atoms with Crippen LogP contribution in [0.15, 0.2) is 35.1 Å². The zero-order valence-corrected chi connectivity index (χ0v) is 35.5. The Balaban J connectivity index is 1.17. The van der Waals surface area contributed by atoms with Gasteiger partial charge in [-0.1, -0.05) is 60.1 Å². The molecule has 9 nitrogen and oxygen atoms in total. The maximum atomic E-state index is 14.3. The highest BCUT2D eigenvalue weighted by Crippen LogP contribution is 2.77. The van der Waals surface area contributed by atoms with Crippen LogP contribution >= 0.6 is 0 Å². The first kappa shape index (κ1) is 40.0. The van der Waals surface area contributed by atoms with Crippen LogP contribution in [0.2, 0.25) is 0 Å². The largest absolute Gasteiger partial charge is 0.497 e. The van der Waals surface area contributed by atoms with Gasteiger partial charge in [-0.25, -0.2) is 0 Å². The normalized spacial score (nSPS) is 38.1. The predicted molar refractivity (Wildman–Crippen MR) is 212 cm³/mol. The first-order chi connectivity index (χ1) is 25.6. The van der Waals surface area contributed by atoms with E-state index in [1.54, 1.807) is 21.0 Å². The molecule has 302 valence electrons. The number of hydrogen-bond acceptors (Lipinski definition) is 7. The third kappa shape index (κ3) is 6.01. The number of carboxylic acid groups (broad SMARTS) is 1. The van der Waals surface area contributed by atoms with E-state index in [-0.39, 0.29) is 51.4 Å². The van der Waals surface area contributed by atoms with Gasteiger partial charge in [0.1, 0.15) is 23.5 Å². The van der Waals surface area contributed by atoms with Gasteiger partial charge in [-0.15, -0.1) is 10.2 Å². The Kier molecular flexibility index (Phi) is 9.76. The molecule has 0 spiro atoms. The molecule has 0 bridgehead atoms. The van der Waals surface area contributed by atoms with E-state index in [1.165, 1.54) is 5.57 Å². The van der Waals surface area contributed by atoms with Crippen molar-refractivity contribution in [2.24, 2.45) is 63.2 Å². The summed E-state index contributed by atoms with van der Waals surface area (Å²) in [7, 11) is 3.80. The number of carboxylic acids is 1. The van der Waals surface area contributed by atoms with E-state index in [1.807, 2.05) is 6.08 Å². The van der Waals surface area contributed by atoms with E-state index in [9.17, 15) is 19.5 Å². The minimum Gasteiger partial charge on any atom is -0.497 e. The molecule has 9 heteroatoms. The number of ether oxygens (including phenoxy) is 2. The zero-order chi connectivity index (χ0) is 40.1. The Bertz CT molecular complexity index is 1850. The molecule has 9 atom stereocenters. The van der Waals surface area contributed by atoms with Crippen LogP contribution in [0.25, 0.3) is 0 Å². The summed E-state index contributed by atoms with van der Waals surface area (Å²) in [6.07, 6.45) is 16.4. The predicted octanol–water partition coefficient (Wildman–Crippen LogP) is 9.32. The number of aliphatic carboxylic acids is 1. The van der Waals surface area contributed by atoms with Crippen LogP contribution in [0.5, 0.6) is 0 Å². The smallest absolute Gasteiger partial charge is 0.309 e. The molecule has 4 saturated carbocycles. The Morgan fingerprint density at radius 3 is 2.35 bits per heavy atom. The van der Waals surface area contributed by atoms with Crippen LogP contribution in [0.3, 0.4) is 0 Å². The maximum absolute atomic E-state index is 14.3. The minimum absolute atomic E-state index is 0.0483. The molecule has 3 unspecified atom stereocenters. The quantitative estimate of drug-likeness (QED) is 0.248. The standard InChI is InChI=1S/C46H67N3O6/c1-27(2)37-31(50)24-46(25-35-47-48-39(49(35)10)28-12-14-29(54-11)15-13-28)23-22-44(8)30(38(37)46)16-17-33-43(7)20-19-34(55-36(51)26-41(3,4)40(52)53)42(5,6)32(43)18-21-45(33,44)9/h12,14-15,27-28,30,32-34H,13,16-26H2,1-11H3,(H,52,53)/t28?,30-,32?,33?,34+,43+,44-,45-,46+/m1/s1. The highest BCUT2D eigenvalue weighted by atomic mass is 16.5. The molecule has 55 heavy (non-hydrogen) atoms. The Morgan fingerprint density at radius 1 is 0.982 bits per heavy atom. The second-order valence-corrected chi connectivity index (χ2v) is 20.9. The average molecular weight is 758 g/mol. The van der Waals surface area contributed by atoms with Crippen LogP contribution in [0.1, 0.15) is 151 Å². The number of ketones is 1. The van der Waals surface area contributed by atoms with Crippen LogP contribution in [-0.2, 0) is 37.3 Å². The Morgan fingerprint density at radius 2 is 1.71 bits per heavy atom. The van der Waals surface area contributed by atoms with E-state index >= 15 is 0 Å². The summed E-state index contributed by atoms with van der Waals surface area (Å²) in [5.41, 5.74) is 1.18. The number of hydrogen-bond donors (Lipinski definition) is 1. The van der Waals surface area contributed by atoms with Crippen molar-refractivity contribution in [3.63, 3.8) is 0 Å². The summed E-state index contributed by atoms with van der Waals surface area (Å²) >= 11 is 0. The molecule has 0 aliphatic heterocycles. The molecule has 1 aromatic rings. The fourth-order valence-electron chi connectivity index (χ4n) is 13.9. The van der Waals surface area contributed by atoms with E-state index in [0.717, 1.165) is 87.2 Å². The lowest BCUT2D eigenvalue weighted by Gasteiger charge is -2.72. The van der Waals surface area contributed by atoms with E-state index in [0.29, 0.717) is 30.0 Å². The topological polar surface area (TPSA) is 121 Å². The zero-order valence-electron chi connectivity index (χ0n) is 35.5. The Labute approximate surface area is 329 Å². The lowest BCUT2D eigenvalue weighted by molar-refractivity contribution is -0.233. The number of esters is 1. The van der Waals surface area contributed by atoms with Gasteiger partial charge in [0.25, 0.3) is 0 Å². The molecule has 0 amide bonds. The summed E-state index contributed by atoms with van der Waals surface area (Å²) in [5.74, 6) is 3.34. The molecule has 6 aliphatic rings. The second kappa shape index (κ2) is 13.4. The van der Waals surface area contributed by atoms with Crippen LogP contribution in [0, 0.1) is 56.2 Å². The van der Waals surface area contributed by atoms with Crippen molar-refractivity contribution in [3.8, 4) is 0 Å². The number of carbonyl (C=O) groups is 3. The van der Waals surface area contributed by atoms with Gasteiger partial charge in [-0.2, -0.15) is 0 Å². The van der Waals surface area contributed by atoms with E-state index in [4.69, 9.17) is 19.7 Å². The summed E-state index contributed by atoms with van der Waals surface area (Å²) in [5, 5.41) is 19.2. The average Bonchev–Trinajstić information content (AvgIpc) is 3.61. The molecule has 0 aromatic carbocycles. The van der Waals surface area contributed by atoms with Crippen LogP contribution in [0.4, 0.5) is 0 Å². The number of nitrogens with zero attached hydrogens (tertiary/aromatic N) is 3. The van der Waals surface area contributed by atoms with Gasteiger partial charge in [0, 0.05) is 36.6 Å². The number of aromatic nitrogens is 3. The third-order valence-corrected chi connectivity index (χ3v) is 17.1. The number of Topliss-reactive ketones (excluding diaryl/α,β-unsaturated/α-hetero) is 1. The van der Waals surface area contributed by atoms with E-state index in [2.05, 4.69) is 72.2 Å². The molecule has 1 N–H and O–H groups in total. The first-order valence-electron chi connectivity index (χ1n) is 21.2. The van der Waals surface area contributed by atoms with Gasteiger partial charge >= 0.3 is 11.9 Å². The molecule has 0 saturated heterocycles. The van der Waals surface area contributed by atoms with Gasteiger partial charge in [-0.05, 0) is 129 Å². The monoisotopic (exact) mass is 758 g/mol. The highest BCUT2D eigenvalue weighted by Gasteiger charge is 2.70. The maximum Gasteiger partial charge on any atom is 0.309 e. The molecule has 1 heterocycles. The van der Waals surface area contributed by atoms with Crippen molar-refractivity contribution in [3.05, 3.63) is 46.8 Å². The van der Waals surface area contributed by atoms with Gasteiger partial charge in [0.15, 0.2) is 5.78 Å². The fraction of sp³-hybridized carbons (Fsp3) is 0.761. The lowest BCUT2D eigenvalue weighted by atomic mass is 9.33. The number of carbonyl (C=O) groups excluding carboxylic acids is 2. The summed E-state index contributed by atoms with van der Waals surface area (Å²) in [6, 6.07) is 0. The Hall–Kier alpha value is -3.23.